The lowest BCUT2D eigenvalue weighted by Crippen LogP contribution is -2.11. The fourth-order valence-corrected chi connectivity index (χ4v) is 7.44. The summed E-state index contributed by atoms with van der Waals surface area (Å²) in [4.78, 5) is 2.71. The lowest BCUT2D eigenvalue weighted by atomic mass is 9.80. The van der Waals surface area contributed by atoms with Gasteiger partial charge < -0.3 is 0 Å². The fraction of sp³-hybridized carbons (Fsp3) is 0.0270. The van der Waals surface area contributed by atoms with Gasteiger partial charge >= 0.3 is 0 Å². The molecule has 0 bridgehead atoms. The fourth-order valence-electron chi connectivity index (χ4n) is 6.25. The van der Waals surface area contributed by atoms with Crippen molar-refractivity contribution in [1.82, 2.24) is 0 Å². The van der Waals surface area contributed by atoms with Crippen molar-refractivity contribution in [2.45, 2.75) is 15.7 Å². The van der Waals surface area contributed by atoms with Gasteiger partial charge in [-0.05, 0) is 72.3 Å². The topological polar surface area (TPSA) is 0 Å². The number of benzene rings is 7. The largest absolute Gasteiger partial charge is 0.0894 e. The minimum Gasteiger partial charge on any atom is -0.0894 e. The highest BCUT2D eigenvalue weighted by atomic mass is 32.2. The third-order valence-corrected chi connectivity index (χ3v) is 9.16. The number of rotatable bonds is 2. The van der Waals surface area contributed by atoms with Crippen molar-refractivity contribution >= 4 is 44.1 Å². The van der Waals surface area contributed by atoms with Crippen LogP contribution in [0.1, 0.15) is 22.6 Å². The zero-order valence-electron chi connectivity index (χ0n) is 20.8. The molecule has 0 amide bonds. The van der Waals surface area contributed by atoms with Crippen LogP contribution in [0.4, 0.5) is 0 Å². The molecule has 7 aromatic rings. The van der Waals surface area contributed by atoms with Crippen LogP contribution in [0.5, 0.6) is 0 Å². The van der Waals surface area contributed by atoms with Crippen molar-refractivity contribution < 1.29 is 0 Å². The summed E-state index contributed by atoms with van der Waals surface area (Å²) >= 11 is 1.91. The summed E-state index contributed by atoms with van der Waals surface area (Å²) in [6, 6.07) is 51.5. The van der Waals surface area contributed by atoms with Crippen LogP contribution in [0.3, 0.4) is 0 Å². The van der Waals surface area contributed by atoms with Crippen LogP contribution in [0.25, 0.3) is 43.4 Å². The van der Waals surface area contributed by atoms with E-state index < -0.39 is 0 Å². The van der Waals surface area contributed by atoms with Crippen molar-refractivity contribution in [1.29, 1.82) is 0 Å². The summed E-state index contributed by atoms with van der Waals surface area (Å²) in [5, 5.41) is 7.86. The van der Waals surface area contributed by atoms with E-state index in [1.54, 1.807) is 0 Å². The Morgan fingerprint density at radius 3 is 1.50 bits per heavy atom. The van der Waals surface area contributed by atoms with E-state index in [1.807, 2.05) is 11.8 Å². The first-order valence-corrected chi connectivity index (χ1v) is 14.0. The van der Waals surface area contributed by atoms with E-state index in [9.17, 15) is 0 Å². The molecule has 1 aliphatic rings. The van der Waals surface area contributed by atoms with Crippen LogP contribution in [-0.4, -0.2) is 0 Å². The third kappa shape index (κ3) is 3.32. The molecule has 0 fully saturated rings. The summed E-state index contributed by atoms with van der Waals surface area (Å²) in [7, 11) is 0. The van der Waals surface area contributed by atoms with Gasteiger partial charge in [-0.25, -0.2) is 0 Å². The first kappa shape index (κ1) is 21.7. The Kier molecular flexibility index (Phi) is 4.93. The highest BCUT2D eigenvalue weighted by Gasteiger charge is 2.31. The normalized spacial score (nSPS) is 13.1. The van der Waals surface area contributed by atoms with Crippen LogP contribution in [0.15, 0.2) is 149 Å². The predicted molar refractivity (Wildman–Crippen MR) is 162 cm³/mol. The summed E-state index contributed by atoms with van der Waals surface area (Å²) in [5.74, 6) is 0.167. The summed E-state index contributed by atoms with van der Waals surface area (Å²) in [6.07, 6.45) is 0. The minimum absolute atomic E-state index is 0.167. The second-order valence-corrected chi connectivity index (χ2v) is 11.2. The molecule has 7 aromatic carbocycles. The van der Waals surface area contributed by atoms with Gasteiger partial charge in [0.25, 0.3) is 0 Å². The van der Waals surface area contributed by atoms with Gasteiger partial charge in [0.2, 0.25) is 0 Å². The first-order valence-electron chi connectivity index (χ1n) is 13.1. The second kappa shape index (κ2) is 8.62. The minimum atomic E-state index is 0.167. The van der Waals surface area contributed by atoms with E-state index in [0.717, 1.165) is 0 Å². The Morgan fingerprint density at radius 2 is 0.895 bits per heavy atom. The van der Waals surface area contributed by atoms with Crippen molar-refractivity contribution in [2.24, 2.45) is 0 Å². The number of fused-ring (bicyclic) bond motifs is 7. The van der Waals surface area contributed by atoms with Gasteiger partial charge in [0.05, 0.1) is 0 Å². The Bertz CT molecular complexity index is 1910. The monoisotopic (exact) mass is 500 g/mol. The Labute approximate surface area is 226 Å². The quantitative estimate of drug-likeness (QED) is 0.227. The average Bonchev–Trinajstić information content (AvgIpc) is 2.99. The zero-order valence-corrected chi connectivity index (χ0v) is 21.6. The van der Waals surface area contributed by atoms with Crippen LogP contribution < -0.4 is 0 Å². The Morgan fingerprint density at radius 1 is 0.395 bits per heavy atom. The second-order valence-electron chi connectivity index (χ2n) is 10.1. The van der Waals surface area contributed by atoms with Gasteiger partial charge in [0, 0.05) is 15.7 Å². The van der Waals surface area contributed by atoms with Crippen molar-refractivity contribution in [2.75, 3.05) is 0 Å². The van der Waals surface area contributed by atoms with Gasteiger partial charge in [-0.15, -0.1) is 0 Å². The Balaban J connectivity index is 1.37. The van der Waals surface area contributed by atoms with Crippen molar-refractivity contribution in [3.8, 4) is 11.1 Å². The first-order chi connectivity index (χ1) is 18.8. The Hall–Kier alpha value is -4.33. The molecule has 1 aliphatic heterocycles. The van der Waals surface area contributed by atoms with Crippen LogP contribution in [0, 0.1) is 0 Å². The van der Waals surface area contributed by atoms with E-state index >= 15 is 0 Å². The maximum absolute atomic E-state index is 2.36. The molecule has 0 radical (unpaired) electrons. The van der Waals surface area contributed by atoms with Crippen molar-refractivity contribution in [3.63, 3.8) is 0 Å². The van der Waals surface area contributed by atoms with Gasteiger partial charge in [0.1, 0.15) is 0 Å². The standard InChI is InChI=1S/C37H24S/c1-4-12-29-24(8-1)11-7-15-30(29)27-16-18-28(19-17-27)35-36-31-13-5-2-9-25(31)20-22-33(36)38-34-23-21-26-10-3-6-14-32(26)37(34)35/h1-23,35H. The molecule has 8 rings (SSSR count). The molecular weight excluding hydrogens is 476 g/mol. The lowest BCUT2D eigenvalue weighted by Gasteiger charge is -2.31. The summed E-state index contributed by atoms with van der Waals surface area (Å²) in [6.45, 7) is 0. The predicted octanol–water partition coefficient (Wildman–Crippen LogP) is 10.5. The highest BCUT2D eigenvalue weighted by molar-refractivity contribution is 7.99. The molecule has 0 spiro atoms. The van der Waals surface area contributed by atoms with Gasteiger partial charge in [-0.3, -0.25) is 0 Å². The smallest absolute Gasteiger partial charge is 0.0374 e. The zero-order chi connectivity index (χ0) is 25.1. The molecule has 0 N–H and O–H groups in total. The third-order valence-electron chi connectivity index (χ3n) is 8.00. The molecule has 0 nitrogen and oxygen atoms in total. The van der Waals surface area contributed by atoms with Gasteiger partial charge in [0.15, 0.2) is 0 Å². The molecule has 0 unspecified atom stereocenters. The molecular formula is C37H24S. The van der Waals surface area contributed by atoms with E-state index in [-0.39, 0.29) is 5.92 Å². The molecule has 1 heteroatoms. The molecule has 38 heavy (non-hydrogen) atoms. The van der Waals surface area contributed by atoms with Crippen molar-refractivity contribution in [3.05, 3.63) is 156 Å². The molecule has 0 aromatic heterocycles. The van der Waals surface area contributed by atoms with Crippen LogP contribution in [0.2, 0.25) is 0 Å². The molecule has 178 valence electrons. The molecule has 0 aliphatic carbocycles. The lowest BCUT2D eigenvalue weighted by molar-refractivity contribution is 0.926. The van der Waals surface area contributed by atoms with E-state index in [4.69, 9.17) is 0 Å². The highest BCUT2D eigenvalue weighted by Crippen LogP contribution is 2.53. The van der Waals surface area contributed by atoms with E-state index in [1.165, 1.54) is 69.9 Å². The molecule has 0 saturated heterocycles. The maximum Gasteiger partial charge on any atom is 0.0374 e. The number of hydrogen-bond acceptors (Lipinski definition) is 1. The molecule has 1 heterocycles. The maximum atomic E-state index is 2.36. The average molecular weight is 501 g/mol. The van der Waals surface area contributed by atoms with Crippen LogP contribution >= 0.6 is 11.8 Å². The summed E-state index contributed by atoms with van der Waals surface area (Å²) in [5.41, 5.74) is 6.73. The number of hydrogen-bond donors (Lipinski definition) is 0. The van der Waals surface area contributed by atoms with Gasteiger partial charge in [-0.1, -0.05) is 139 Å². The molecule has 0 atom stereocenters. The molecule has 0 saturated carbocycles. The van der Waals surface area contributed by atoms with E-state index in [0.29, 0.717) is 0 Å². The van der Waals surface area contributed by atoms with Gasteiger partial charge in [-0.2, -0.15) is 0 Å². The SMILES string of the molecule is c1ccc2c(-c3ccc(C4c5c(ccc6ccccc56)Sc5ccc6ccccc6c54)cc3)cccc2c1. The van der Waals surface area contributed by atoms with Crippen LogP contribution in [-0.2, 0) is 0 Å². The summed E-state index contributed by atoms with van der Waals surface area (Å²) < 4.78 is 0. The van der Waals surface area contributed by atoms with E-state index in [2.05, 4.69) is 140 Å².